The normalized spacial score (nSPS) is 11.2. The molecule has 1 heterocycles. The standard InChI is InChI=1S/C34H30N2O4/c1-34(2,3)40-27-17-13-24(14-18-27)28-11-7-8-12-29(28)32(37)36-31-20-16-25-21-26(15-19-30(25)35-31)33(38)39-22-23-9-5-4-6-10-23/h4-21H,22H2,1-3H3,(H,35,36,37). The number of nitrogens with zero attached hydrogens (tertiary/aromatic N) is 1. The molecule has 0 aliphatic rings. The summed E-state index contributed by atoms with van der Waals surface area (Å²) in [7, 11) is 0. The average Bonchev–Trinajstić information content (AvgIpc) is 2.96. The van der Waals surface area contributed by atoms with E-state index in [1.165, 1.54) is 0 Å². The summed E-state index contributed by atoms with van der Waals surface area (Å²) < 4.78 is 11.4. The average molecular weight is 531 g/mol. The second-order valence-corrected chi connectivity index (χ2v) is 10.4. The lowest BCUT2D eigenvalue weighted by Crippen LogP contribution is -2.22. The fraction of sp³-hybridized carbons (Fsp3) is 0.147. The molecule has 0 spiro atoms. The molecule has 0 fully saturated rings. The van der Waals surface area contributed by atoms with Crippen LogP contribution in [-0.2, 0) is 11.3 Å². The first-order valence-electron chi connectivity index (χ1n) is 13.1. The molecule has 0 aliphatic heterocycles. The van der Waals surface area contributed by atoms with E-state index < -0.39 is 5.97 Å². The Morgan fingerprint density at radius 2 is 1.52 bits per heavy atom. The fourth-order valence-electron chi connectivity index (χ4n) is 4.30. The first-order valence-corrected chi connectivity index (χ1v) is 13.1. The predicted molar refractivity (Wildman–Crippen MR) is 158 cm³/mol. The highest BCUT2D eigenvalue weighted by Gasteiger charge is 2.16. The summed E-state index contributed by atoms with van der Waals surface area (Å²) in [6.07, 6.45) is 0. The maximum atomic E-state index is 13.3. The summed E-state index contributed by atoms with van der Waals surface area (Å²) in [5.41, 5.74) is 3.97. The lowest BCUT2D eigenvalue weighted by molar-refractivity contribution is 0.0472. The number of anilines is 1. The van der Waals surface area contributed by atoms with Crippen molar-refractivity contribution in [2.75, 3.05) is 5.32 Å². The summed E-state index contributed by atoms with van der Waals surface area (Å²) in [5.74, 6) is 0.517. The molecule has 4 aromatic carbocycles. The maximum Gasteiger partial charge on any atom is 0.338 e. The van der Waals surface area contributed by atoms with Crippen LogP contribution in [0.2, 0.25) is 0 Å². The number of carbonyl (C=O) groups is 2. The van der Waals surface area contributed by atoms with Crippen molar-refractivity contribution in [1.29, 1.82) is 0 Å². The third-order valence-corrected chi connectivity index (χ3v) is 6.14. The first kappa shape index (κ1) is 26.6. The van der Waals surface area contributed by atoms with E-state index in [1.54, 1.807) is 30.3 Å². The molecule has 0 saturated carbocycles. The Labute approximate surface area is 233 Å². The number of ether oxygens (including phenoxy) is 2. The van der Waals surface area contributed by atoms with E-state index in [0.29, 0.717) is 22.5 Å². The van der Waals surface area contributed by atoms with Crippen molar-refractivity contribution in [2.24, 2.45) is 0 Å². The fourth-order valence-corrected chi connectivity index (χ4v) is 4.30. The van der Waals surface area contributed by atoms with Gasteiger partial charge in [0.25, 0.3) is 5.91 Å². The van der Waals surface area contributed by atoms with Gasteiger partial charge in [0.05, 0.1) is 11.1 Å². The Balaban J connectivity index is 1.30. The molecular formula is C34H30N2O4. The van der Waals surface area contributed by atoms with Gasteiger partial charge < -0.3 is 14.8 Å². The van der Waals surface area contributed by atoms with Crippen molar-refractivity contribution < 1.29 is 19.1 Å². The largest absolute Gasteiger partial charge is 0.488 e. The molecule has 1 aromatic heterocycles. The van der Waals surface area contributed by atoms with Crippen molar-refractivity contribution in [3.8, 4) is 16.9 Å². The molecule has 5 rings (SSSR count). The molecule has 0 bridgehead atoms. The number of esters is 1. The van der Waals surface area contributed by atoms with Gasteiger partial charge in [-0.2, -0.15) is 0 Å². The van der Waals surface area contributed by atoms with E-state index >= 15 is 0 Å². The van der Waals surface area contributed by atoms with Crippen molar-refractivity contribution in [2.45, 2.75) is 33.0 Å². The van der Waals surface area contributed by atoms with Crippen LogP contribution in [0.25, 0.3) is 22.0 Å². The number of rotatable bonds is 7. The highest BCUT2D eigenvalue weighted by atomic mass is 16.5. The van der Waals surface area contributed by atoms with Crippen LogP contribution < -0.4 is 10.1 Å². The number of benzene rings is 4. The Bertz CT molecular complexity index is 1660. The van der Waals surface area contributed by atoms with Gasteiger partial charge in [-0.1, -0.05) is 60.7 Å². The van der Waals surface area contributed by atoms with E-state index in [0.717, 1.165) is 27.8 Å². The van der Waals surface area contributed by atoms with Gasteiger partial charge in [-0.25, -0.2) is 9.78 Å². The molecule has 0 saturated heterocycles. The SMILES string of the molecule is CC(C)(C)Oc1ccc(-c2ccccc2C(=O)Nc2ccc3cc(C(=O)OCc4ccccc4)ccc3n2)cc1. The summed E-state index contributed by atoms with van der Waals surface area (Å²) in [6, 6.07) is 33.4. The monoisotopic (exact) mass is 530 g/mol. The van der Waals surface area contributed by atoms with Crippen LogP contribution >= 0.6 is 0 Å². The van der Waals surface area contributed by atoms with Gasteiger partial charge in [0, 0.05) is 10.9 Å². The number of amides is 1. The van der Waals surface area contributed by atoms with Crippen molar-refractivity contribution >= 4 is 28.6 Å². The molecule has 1 N–H and O–H groups in total. The number of pyridine rings is 1. The molecule has 0 unspecified atom stereocenters. The number of nitrogens with one attached hydrogen (secondary N) is 1. The minimum absolute atomic E-state index is 0.206. The van der Waals surface area contributed by atoms with Gasteiger partial charge in [0.15, 0.2) is 0 Å². The van der Waals surface area contributed by atoms with Crippen LogP contribution in [0.15, 0.2) is 109 Å². The Kier molecular flexibility index (Phi) is 7.60. The van der Waals surface area contributed by atoms with Gasteiger partial charge in [-0.05, 0) is 86.0 Å². The van der Waals surface area contributed by atoms with Gasteiger partial charge in [0.2, 0.25) is 0 Å². The minimum atomic E-state index is -0.405. The zero-order valence-electron chi connectivity index (χ0n) is 22.7. The topological polar surface area (TPSA) is 77.5 Å². The highest BCUT2D eigenvalue weighted by molar-refractivity contribution is 6.08. The molecule has 1 amide bonds. The van der Waals surface area contributed by atoms with Crippen molar-refractivity contribution in [1.82, 2.24) is 4.98 Å². The number of hydrogen-bond acceptors (Lipinski definition) is 5. The van der Waals surface area contributed by atoms with Crippen LogP contribution in [0.5, 0.6) is 5.75 Å². The van der Waals surface area contributed by atoms with Crippen LogP contribution in [0.4, 0.5) is 5.82 Å². The van der Waals surface area contributed by atoms with Crippen LogP contribution in [0.3, 0.4) is 0 Å². The zero-order chi connectivity index (χ0) is 28.1. The second-order valence-electron chi connectivity index (χ2n) is 10.4. The summed E-state index contributed by atoms with van der Waals surface area (Å²) in [6.45, 7) is 6.21. The van der Waals surface area contributed by atoms with E-state index in [4.69, 9.17) is 9.47 Å². The molecule has 0 radical (unpaired) electrons. The van der Waals surface area contributed by atoms with Crippen LogP contribution in [0.1, 0.15) is 47.1 Å². The lowest BCUT2D eigenvalue weighted by Gasteiger charge is -2.21. The van der Waals surface area contributed by atoms with E-state index in [9.17, 15) is 9.59 Å². The minimum Gasteiger partial charge on any atom is -0.488 e. The highest BCUT2D eigenvalue weighted by Crippen LogP contribution is 2.28. The quantitative estimate of drug-likeness (QED) is 0.218. The van der Waals surface area contributed by atoms with Crippen LogP contribution in [0, 0.1) is 0 Å². The Hall–Kier alpha value is -4.97. The summed E-state index contributed by atoms with van der Waals surface area (Å²) in [4.78, 5) is 30.4. The van der Waals surface area contributed by atoms with E-state index in [2.05, 4.69) is 10.3 Å². The molecule has 0 aliphatic carbocycles. The number of carbonyl (C=O) groups excluding carboxylic acids is 2. The Morgan fingerprint density at radius 1 is 0.800 bits per heavy atom. The third-order valence-electron chi connectivity index (χ3n) is 6.14. The lowest BCUT2D eigenvalue weighted by atomic mass is 9.99. The maximum absolute atomic E-state index is 13.3. The van der Waals surface area contributed by atoms with E-state index in [-0.39, 0.29) is 18.1 Å². The molecule has 6 heteroatoms. The smallest absolute Gasteiger partial charge is 0.338 e. The molecule has 40 heavy (non-hydrogen) atoms. The molecule has 5 aromatic rings. The van der Waals surface area contributed by atoms with E-state index in [1.807, 2.05) is 99.6 Å². The molecule has 200 valence electrons. The van der Waals surface area contributed by atoms with Gasteiger partial charge >= 0.3 is 5.97 Å². The number of aromatic nitrogens is 1. The van der Waals surface area contributed by atoms with Crippen LogP contribution in [-0.4, -0.2) is 22.5 Å². The number of fused-ring (bicyclic) bond motifs is 1. The van der Waals surface area contributed by atoms with Crippen molar-refractivity contribution in [3.63, 3.8) is 0 Å². The molecule has 0 atom stereocenters. The zero-order valence-corrected chi connectivity index (χ0v) is 22.7. The Morgan fingerprint density at radius 3 is 2.27 bits per heavy atom. The van der Waals surface area contributed by atoms with Gasteiger partial charge in [-0.3, -0.25) is 4.79 Å². The van der Waals surface area contributed by atoms with Crippen molar-refractivity contribution in [3.05, 3.63) is 126 Å². The van der Waals surface area contributed by atoms with Gasteiger partial charge in [0.1, 0.15) is 23.8 Å². The second kappa shape index (κ2) is 11.4. The summed E-state index contributed by atoms with van der Waals surface area (Å²) in [5, 5.41) is 3.68. The molecule has 6 nitrogen and oxygen atoms in total. The number of hydrogen-bond donors (Lipinski definition) is 1. The molecular weight excluding hydrogens is 500 g/mol. The summed E-state index contributed by atoms with van der Waals surface area (Å²) >= 11 is 0. The predicted octanol–water partition coefficient (Wildman–Crippen LogP) is 7.69. The third kappa shape index (κ3) is 6.53. The first-order chi connectivity index (χ1) is 19.2. The van der Waals surface area contributed by atoms with Gasteiger partial charge in [-0.15, -0.1) is 0 Å².